The Morgan fingerprint density at radius 2 is 1.78 bits per heavy atom. The molecule has 1 amide bonds. The summed E-state index contributed by atoms with van der Waals surface area (Å²) in [6.45, 7) is 3.93. The third kappa shape index (κ3) is 4.69. The fraction of sp³-hybridized carbons (Fsp3) is 0.353. The van der Waals surface area contributed by atoms with E-state index < -0.39 is 0 Å². The van der Waals surface area contributed by atoms with Crippen molar-refractivity contribution in [1.82, 2.24) is 9.97 Å². The zero-order valence-electron chi connectivity index (χ0n) is 13.8. The molecule has 1 N–H and O–H groups in total. The van der Waals surface area contributed by atoms with Crippen molar-refractivity contribution in [2.45, 2.75) is 31.8 Å². The third-order valence-electron chi connectivity index (χ3n) is 3.56. The summed E-state index contributed by atoms with van der Waals surface area (Å²) in [5.74, 6) is 0.739. The lowest BCUT2D eigenvalue weighted by molar-refractivity contribution is -0.116. The molecule has 2 aromatic rings. The fourth-order valence-corrected chi connectivity index (χ4v) is 2.75. The highest BCUT2D eigenvalue weighted by Crippen LogP contribution is 2.18. The van der Waals surface area contributed by atoms with Crippen LogP contribution in [0.15, 0.2) is 29.4 Å². The summed E-state index contributed by atoms with van der Waals surface area (Å²) in [6, 6.07) is 7.28. The maximum Gasteiger partial charge on any atom is 0.224 e. The van der Waals surface area contributed by atoms with E-state index in [4.69, 9.17) is 4.74 Å². The van der Waals surface area contributed by atoms with Gasteiger partial charge in [0, 0.05) is 23.5 Å². The van der Waals surface area contributed by atoms with Gasteiger partial charge in [0.2, 0.25) is 5.91 Å². The van der Waals surface area contributed by atoms with Crippen LogP contribution in [0.4, 0.5) is 5.69 Å². The van der Waals surface area contributed by atoms with Gasteiger partial charge in [-0.3, -0.25) is 4.79 Å². The number of benzene rings is 1. The Morgan fingerprint density at radius 1 is 1.17 bits per heavy atom. The van der Waals surface area contributed by atoms with Gasteiger partial charge in [-0.1, -0.05) is 11.8 Å². The number of aromatic nitrogens is 2. The standard InChI is InChI=1S/C17H21N3O2S/c1-11-15(12(2)19-17(18-11)23-4)9-10-16(21)20-13-5-7-14(22-3)8-6-13/h5-8H,9-10H2,1-4H3,(H,20,21). The molecule has 1 aromatic carbocycles. The lowest BCUT2D eigenvalue weighted by atomic mass is 10.1. The largest absolute Gasteiger partial charge is 0.497 e. The SMILES string of the molecule is COc1ccc(NC(=O)CCc2c(C)nc(SC)nc2C)cc1. The van der Waals surface area contributed by atoms with E-state index in [-0.39, 0.29) is 5.91 Å². The minimum absolute atomic E-state index is 0.0251. The Labute approximate surface area is 140 Å². The number of hydrogen-bond donors (Lipinski definition) is 1. The fourth-order valence-electron chi connectivity index (χ4n) is 2.30. The predicted octanol–water partition coefficient (Wildman–Crippen LogP) is 3.40. The van der Waals surface area contributed by atoms with Gasteiger partial charge in [-0.2, -0.15) is 0 Å². The number of nitrogens with zero attached hydrogens (tertiary/aromatic N) is 2. The minimum atomic E-state index is -0.0251. The van der Waals surface area contributed by atoms with Crippen molar-refractivity contribution >= 4 is 23.4 Å². The average molecular weight is 331 g/mol. The quantitative estimate of drug-likeness (QED) is 0.649. The summed E-state index contributed by atoms with van der Waals surface area (Å²) in [6.07, 6.45) is 2.99. The number of anilines is 1. The Morgan fingerprint density at radius 3 is 2.30 bits per heavy atom. The summed E-state index contributed by atoms with van der Waals surface area (Å²) in [7, 11) is 1.61. The van der Waals surface area contributed by atoms with Gasteiger partial charge >= 0.3 is 0 Å². The van der Waals surface area contributed by atoms with E-state index in [1.54, 1.807) is 7.11 Å². The van der Waals surface area contributed by atoms with Gasteiger partial charge in [-0.05, 0) is 56.4 Å². The number of aryl methyl sites for hydroxylation is 2. The van der Waals surface area contributed by atoms with Crippen molar-refractivity contribution in [3.63, 3.8) is 0 Å². The summed E-state index contributed by atoms with van der Waals surface area (Å²) in [5.41, 5.74) is 3.70. The van der Waals surface area contributed by atoms with E-state index in [2.05, 4.69) is 15.3 Å². The second kappa shape index (κ2) is 7.97. The molecule has 0 fully saturated rings. The number of ether oxygens (including phenoxy) is 1. The Balaban J connectivity index is 1.96. The molecule has 0 aliphatic carbocycles. The monoisotopic (exact) mass is 331 g/mol. The van der Waals surface area contributed by atoms with Gasteiger partial charge in [0.15, 0.2) is 5.16 Å². The third-order valence-corrected chi connectivity index (χ3v) is 4.11. The maximum atomic E-state index is 12.1. The van der Waals surface area contributed by atoms with Crippen LogP contribution in [-0.2, 0) is 11.2 Å². The molecule has 122 valence electrons. The number of thioether (sulfide) groups is 1. The van der Waals surface area contributed by atoms with Gasteiger partial charge in [0.05, 0.1) is 7.11 Å². The normalized spacial score (nSPS) is 10.4. The van der Waals surface area contributed by atoms with Gasteiger partial charge < -0.3 is 10.1 Å². The van der Waals surface area contributed by atoms with Gasteiger partial charge in [0.25, 0.3) is 0 Å². The first-order chi connectivity index (χ1) is 11.0. The molecular formula is C17H21N3O2S. The zero-order chi connectivity index (χ0) is 16.8. The number of nitrogens with one attached hydrogen (secondary N) is 1. The van der Waals surface area contributed by atoms with E-state index in [0.717, 1.165) is 33.5 Å². The predicted molar refractivity (Wildman–Crippen MR) is 93.2 cm³/mol. The lowest BCUT2D eigenvalue weighted by Crippen LogP contribution is -2.13. The molecule has 0 atom stereocenters. The van der Waals surface area contributed by atoms with E-state index in [1.165, 1.54) is 11.8 Å². The maximum absolute atomic E-state index is 12.1. The molecule has 1 heterocycles. The molecule has 2 rings (SSSR count). The van der Waals surface area contributed by atoms with E-state index in [0.29, 0.717) is 12.8 Å². The lowest BCUT2D eigenvalue weighted by Gasteiger charge is -2.10. The molecule has 0 radical (unpaired) electrons. The molecule has 0 bridgehead atoms. The molecule has 0 saturated carbocycles. The molecule has 0 aliphatic rings. The second-order valence-electron chi connectivity index (χ2n) is 5.14. The van der Waals surface area contributed by atoms with Crippen molar-refractivity contribution in [3.05, 3.63) is 41.2 Å². The first-order valence-electron chi connectivity index (χ1n) is 7.35. The van der Waals surface area contributed by atoms with Gasteiger partial charge in [0.1, 0.15) is 5.75 Å². The Hall–Kier alpha value is -2.08. The topological polar surface area (TPSA) is 64.1 Å². The molecule has 23 heavy (non-hydrogen) atoms. The van der Waals surface area contributed by atoms with Crippen molar-refractivity contribution < 1.29 is 9.53 Å². The van der Waals surface area contributed by atoms with Crippen LogP contribution in [0, 0.1) is 13.8 Å². The number of rotatable bonds is 6. The Bertz CT molecular complexity index is 664. The van der Waals surface area contributed by atoms with Crippen LogP contribution in [-0.4, -0.2) is 29.2 Å². The second-order valence-corrected chi connectivity index (χ2v) is 5.91. The zero-order valence-corrected chi connectivity index (χ0v) is 14.7. The number of carbonyl (C=O) groups is 1. The average Bonchev–Trinajstić information content (AvgIpc) is 2.54. The molecule has 0 unspecified atom stereocenters. The molecule has 0 aliphatic heterocycles. The molecule has 6 heteroatoms. The van der Waals surface area contributed by atoms with Crippen molar-refractivity contribution in [2.24, 2.45) is 0 Å². The summed E-state index contributed by atoms with van der Waals surface area (Å²) in [5, 5.41) is 3.66. The summed E-state index contributed by atoms with van der Waals surface area (Å²) in [4.78, 5) is 21.0. The van der Waals surface area contributed by atoms with Crippen molar-refractivity contribution in [1.29, 1.82) is 0 Å². The van der Waals surface area contributed by atoms with E-state index in [9.17, 15) is 4.79 Å². The summed E-state index contributed by atoms with van der Waals surface area (Å²) >= 11 is 1.52. The highest BCUT2D eigenvalue weighted by atomic mass is 32.2. The van der Waals surface area contributed by atoms with E-state index in [1.807, 2.05) is 44.4 Å². The number of carbonyl (C=O) groups excluding carboxylic acids is 1. The molecule has 0 spiro atoms. The molecule has 0 saturated heterocycles. The van der Waals surface area contributed by atoms with Crippen molar-refractivity contribution in [3.8, 4) is 5.75 Å². The molecule has 1 aromatic heterocycles. The van der Waals surface area contributed by atoms with Crippen LogP contribution in [0.5, 0.6) is 5.75 Å². The van der Waals surface area contributed by atoms with E-state index >= 15 is 0 Å². The number of hydrogen-bond acceptors (Lipinski definition) is 5. The molecule has 5 nitrogen and oxygen atoms in total. The minimum Gasteiger partial charge on any atom is -0.497 e. The van der Waals surface area contributed by atoms with Gasteiger partial charge in [-0.15, -0.1) is 0 Å². The Kier molecular flexibility index (Phi) is 5.98. The van der Waals surface area contributed by atoms with Crippen LogP contribution >= 0.6 is 11.8 Å². The molecular weight excluding hydrogens is 310 g/mol. The van der Waals surface area contributed by atoms with Crippen LogP contribution in [0.2, 0.25) is 0 Å². The highest BCUT2D eigenvalue weighted by Gasteiger charge is 2.10. The first-order valence-corrected chi connectivity index (χ1v) is 8.58. The number of methoxy groups -OCH3 is 1. The summed E-state index contributed by atoms with van der Waals surface area (Å²) < 4.78 is 5.10. The van der Waals surface area contributed by atoms with Crippen LogP contribution in [0.1, 0.15) is 23.4 Å². The van der Waals surface area contributed by atoms with Crippen LogP contribution in [0.3, 0.4) is 0 Å². The van der Waals surface area contributed by atoms with Gasteiger partial charge in [-0.25, -0.2) is 9.97 Å². The highest BCUT2D eigenvalue weighted by molar-refractivity contribution is 7.98. The number of amides is 1. The van der Waals surface area contributed by atoms with Crippen LogP contribution in [0.25, 0.3) is 0 Å². The first kappa shape index (κ1) is 17.3. The van der Waals surface area contributed by atoms with Crippen molar-refractivity contribution in [2.75, 3.05) is 18.7 Å². The van der Waals surface area contributed by atoms with Crippen LogP contribution < -0.4 is 10.1 Å². The smallest absolute Gasteiger partial charge is 0.224 e.